The van der Waals surface area contributed by atoms with Gasteiger partial charge in [0.2, 0.25) is 11.8 Å². The number of carbonyl (C=O) groups is 3. The number of hydrogen-bond donors (Lipinski definition) is 1. The van der Waals surface area contributed by atoms with E-state index in [2.05, 4.69) is 5.32 Å². The predicted octanol–water partition coefficient (Wildman–Crippen LogP) is 1.25. The van der Waals surface area contributed by atoms with Crippen molar-refractivity contribution in [1.82, 2.24) is 9.80 Å². The minimum atomic E-state index is -0.332. The average molecular weight is 466 g/mol. The summed E-state index contributed by atoms with van der Waals surface area (Å²) in [5.41, 5.74) is 0.757. The van der Waals surface area contributed by atoms with Gasteiger partial charge in [0.25, 0.3) is 5.91 Å². The molecule has 1 N–H and O–H groups in total. The average Bonchev–Trinajstić information content (AvgIpc) is 2.78. The first-order valence-corrected chi connectivity index (χ1v) is 10.8. The van der Waals surface area contributed by atoms with Gasteiger partial charge in [-0.2, -0.15) is 0 Å². The van der Waals surface area contributed by atoms with E-state index in [1.165, 1.54) is 14.2 Å². The molecular formula is C23H35N3O7. The number of benzene rings is 1. The van der Waals surface area contributed by atoms with E-state index in [1.807, 2.05) is 13.8 Å². The Kier molecular flexibility index (Phi) is 10.1. The lowest BCUT2D eigenvalue weighted by Gasteiger charge is -2.36. The smallest absolute Gasteiger partial charge is 0.257 e. The van der Waals surface area contributed by atoms with Crippen LogP contribution >= 0.6 is 0 Å². The Labute approximate surface area is 195 Å². The number of hydrogen-bond acceptors (Lipinski definition) is 7. The number of amides is 3. The standard InChI is InChI=1S/C23H35N3O7/c1-15-10-26(22(28)14-31-5)16(2)12-33-19-8-7-17(24-21(27)13-30-4)9-18(19)23(29)25(3)11-20(15)32-6/h7-9,15-16,20H,10-14H2,1-6H3,(H,24,27)/t15-,16-,20+/m0/s1. The number of ether oxygens (including phenoxy) is 4. The highest BCUT2D eigenvalue weighted by atomic mass is 16.5. The molecule has 33 heavy (non-hydrogen) atoms. The third-order valence-electron chi connectivity index (χ3n) is 5.59. The molecule has 0 aromatic heterocycles. The Morgan fingerprint density at radius 1 is 1.12 bits per heavy atom. The quantitative estimate of drug-likeness (QED) is 0.674. The zero-order valence-electron chi connectivity index (χ0n) is 20.3. The van der Waals surface area contributed by atoms with Crippen LogP contribution in [0.1, 0.15) is 24.2 Å². The maximum atomic E-state index is 13.3. The second-order valence-corrected chi connectivity index (χ2v) is 8.27. The van der Waals surface area contributed by atoms with Gasteiger partial charge in [0, 0.05) is 53.1 Å². The SMILES string of the molecule is COCC(=O)Nc1ccc2c(c1)C(=O)N(C)C[C@@H](OC)[C@@H](C)CN(C(=O)COC)[C@@H](C)CO2. The molecular weight excluding hydrogens is 430 g/mol. The van der Waals surface area contributed by atoms with Crippen LogP contribution in [-0.2, 0) is 23.8 Å². The Hall–Kier alpha value is -2.69. The Balaban J connectivity index is 2.42. The highest BCUT2D eigenvalue weighted by Gasteiger charge is 2.30. The van der Waals surface area contributed by atoms with E-state index >= 15 is 0 Å². The van der Waals surface area contributed by atoms with Crippen molar-refractivity contribution in [3.63, 3.8) is 0 Å². The van der Waals surface area contributed by atoms with Crippen molar-refractivity contribution >= 4 is 23.4 Å². The third kappa shape index (κ3) is 7.15. The summed E-state index contributed by atoms with van der Waals surface area (Å²) in [6.07, 6.45) is -0.294. The van der Waals surface area contributed by atoms with Crippen molar-refractivity contribution in [2.45, 2.75) is 26.0 Å². The summed E-state index contributed by atoms with van der Waals surface area (Å²) in [6.45, 7) is 4.67. The first kappa shape index (κ1) is 26.6. The van der Waals surface area contributed by atoms with Crippen LogP contribution in [-0.4, -0.2) is 101 Å². The second-order valence-electron chi connectivity index (χ2n) is 8.27. The van der Waals surface area contributed by atoms with Gasteiger partial charge in [-0.3, -0.25) is 14.4 Å². The molecule has 0 bridgehead atoms. The number of likely N-dealkylation sites (N-methyl/N-ethyl adjacent to an activating group) is 1. The number of carbonyl (C=O) groups excluding carboxylic acids is 3. The van der Waals surface area contributed by atoms with Gasteiger partial charge in [0.05, 0.1) is 17.7 Å². The van der Waals surface area contributed by atoms with E-state index in [1.54, 1.807) is 42.2 Å². The lowest BCUT2D eigenvalue weighted by molar-refractivity contribution is -0.139. The van der Waals surface area contributed by atoms with Crippen LogP contribution < -0.4 is 10.1 Å². The fraction of sp³-hybridized carbons (Fsp3) is 0.609. The van der Waals surface area contributed by atoms with Crippen molar-refractivity contribution in [2.75, 3.05) is 66.6 Å². The zero-order chi connectivity index (χ0) is 24.5. The first-order chi connectivity index (χ1) is 15.7. The van der Waals surface area contributed by atoms with Gasteiger partial charge >= 0.3 is 0 Å². The number of methoxy groups -OCH3 is 3. The summed E-state index contributed by atoms with van der Waals surface area (Å²) in [5.74, 6) is -0.422. The summed E-state index contributed by atoms with van der Waals surface area (Å²) < 4.78 is 21.6. The lowest BCUT2D eigenvalue weighted by Crippen LogP contribution is -2.49. The maximum absolute atomic E-state index is 13.3. The van der Waals surface area contributed by atoms with Crippen molar-refractivity contribution < 1.29 is 33.3 Å². The van der Waals surface area contributed by atoms with E-state index < -0.39 is 0 Å². The number of anilines is 1. The van der Waals surface area contributed by atoms with Crippen LogP contribution in [0.25, 0.3) is 0 Å². The highest BCUT2D eigenvalue weighted by Crippen LogP contribution is 2.26. The minimum absolute atomic E-state index is 0.0335. The molecule has 1 heterocycles. The van der Waals surface area contributed by atoms with Gasteiger partial charge in [-0.25, -0.2) is 0 Å². The van der Waals surface area contributed by atoms with Gasteiger partial charge < -0.3 is 34.1 Å². The van der Waals surface area contributed by atoms with Crippen LogP contribution in [0.3, 0.4) is 0 Å². The number of fused-ring (bicyclic) bond motifs is 1. The fourth-order valence-corrected chi connectivity index (χ4v) is 3.74. The van der Waals surface area contributed by atoms with Crippen LogP contribution in [0.5, 0.6) is 5.75 Å². The van der Waals surface area contributed by atoms with Crippen molar-refractivity contribution in [3.05, 3.63) is 23.8 Å². The minimum Gasteiger partial charge on any atom is -0.491 e. The normalized spacial score (nSPS) is 22.0. The molecule has 0 radical (unpaired) electrons. The number of rotatable bonds is 6. The molecule has 0 spiro atoms. The molecule has 10 heteroatoms. The molecule has 3 atom stereocenters. The summed E-state index contributed by atoms with van der Waals surface area (Å²) >= 11 is 0. The molecule has 3 amide bonds. The van der Waals surface area contributed by atoms with Crippen LogP contribution in [0.4, 0.5) is 5.69 Å². The maximum Gasteiger partial charge on any atom is 0.257 e. The molecule has 1 aromatic carbocycles. The predicted molar refractivity (Wildman–Crippen MR) is 122 cm³/mol. The van der Waals surface area contributed by atoms with Gasteiger partial charge in [0.1, 0.15) is 25.6 Å². The van der Waals surface area contributed by atoms with E-state index in [4.69, 9.17) is 18.9 Å². The van der Waals surface area contributed by atoms with Crippen molar-refractivity contribution in [3.8, 4) is 5.75 Å². The van der Waals surface area contributed by atoms with Gasteiger partial charge in [-0.05, 0) is 25.1 Å². The molecule has 0 unspecified atom stereocenters. The summed E-state index contributed by atoms with van der Waals surface area (Å²) in [6, 6.07) is 4.61. The number of nitrogens with zero attached hydrogens (tertiary/aromatic N) is 2. The molecule has 2 rings (SSSR count). The van der Waals surface area contributed by atoms with Crippen LogP contribution in [0.15, 0.2) is 18.2 Å². The zero-order valence-corrected chi connectivity index (χ0v) is 20.3. The molecule has 0 saturated heterocycles. The summed E-state index contributed by atoms with van der Waals surface area (Å²) in [5, 5.41) is 2.70. The molecule has 184 valence electrons. The lowest BCUT2D eigenvalue weighted by atomic mass is 10.0. The van der Waals surface area contributed by atoms with Crippen LogP contribution in [0.2, 0.25) is 0 Å². The van der Waals surface area contributed by atoms with E-state index in [0.717, 1.165) is 0 Å². The molecule has 0 aliphatic carbocycles. The Morgan fingerprint density at radius 3 is 2.45 bits per heavy atom. The number of nitrogens with one attached hydrogen (secondary N) is 1. The van der Waals surface area contributed by atoms with Gasteiger partial charge in [-0.1, -0.05) is 6.92 Å². The van der Waals surface area contributed by atoms with E-state index in [-0.39, 0.29) is 55.6 Å². The van der Waals surface area contributed by atoms with E-state index in [0.29, 0.717) is 30.1 Å². The molecule has 1 aliphatic heterocycles. The molecule has 10 nitrogen and oxygen atoms in total. The van der Waals surface area contributed by atoms with Crippen molar-refractivity contribution in [1.29, 1.82) is 0 Å². The summed E-state index contributed by atoms with van der Waals surface area (Å²) in [4.78, 5) is 41.2. The molecule has 1 aromatic rings. The monoisotopic (exact) mass is 465 g/mol. The Bertz CT molecular complexity index is 832. The second kappa shape index (κ2) is 12.5. The highest BCUT2D eigenvalue weighted by molar-refractivity contribution is 5.99. The molecule has 0 saturated carbocycles. The summed E-state index contributed by atoms with van der Waals surface area (Å²) in [7, 11) is 6.19. The van der Waals surface area contributed by atoms with Crippen LogP contribution in [0, 0.1) is 5.92 Å². The fourth-order valence-electron chi connectivity index (χ4n) is 3.74. The molecule has 0 fully saturated rings. The van der Waals surface area contributed by atoms with Crippen molar-refractivity contribution in [2.24, 2.45) is 5.92 Å². The molecule has 1 aliphatic rings. The Morgan fingerprint density at radius 2 is 1.82 bits per heavy atom. The largest absolute Gasteiger partial charge is 0.491 e. The first-order valence-electron chi connectivity index (χ1n) is 10.8. The van der Waals surface area contributed by atoms with Gasteiger partial charge in [-0.15, -0.1) is 0 Å². The van der Waals surface area contributed by atoms with E-state index in [9.17, 15) is 14.4 Å². The topological polar surface area (TPSA) is 107 Å². The van der Waals surface area contributed by atoms with Gasteiger partial charge in [0.15, 0.2) is 0 Å². The third-order valence-corrected chi connectivity index (χ3v) is 5.59.